The van der Waals surface area contributed by atoms with Gasteiger partial charge in [0.15, 0.2) is 0 Å². The second-order valence-electron chi connectivity index (χ2n) is 8.13. The van der Waals surface area contributed by atoms with E-state index in [1.165, 1.54) is 11.1 Å². The van der Waals surface area contributed by atoms with Crippen molar-refractivity contribution in [3.63, 3.8) is 0 Å². The Hall–Kier alpha value is -3.58. The van der Waals surface area contributed by atoms with E-state index in [2.05, 4.69) is 33.7 Å². The smallest absolute Gasteiger partial charge is 0.313 e. The maximum Gasteiger partial charge on any atom is 0.313 e. The van der Waals surface area contributed by atoms with Gasteiger partial charge < -0.3 is 20.0 Å². The molecule has 0 unspecified atom stereocenters. The van der Waals surface area contributed by atoms with Crippen molar-refractivity contribution in [3.05, 3.63) is 83.8 Å². The monoisotopic (exact) mass is 432 g/mol. The minimum atomic E-state index is -0.690. The van der Waals surface area contributed by atoms with Crippen LogP contribution in [-0.2, 0) is 22.6 Å². The van der Waals surface area contributed by atoms with E-state index < -0.39 is 11.8 Å². The molecule has 32 heavy (non-hydrogen) atoms. The Labute approximate surface area is 188 Å². The highest BCUT2D eigenvalue weighted by atomic mass is 16.3. The van der Waals surface area contributed by atoms with Crippen LogP contribution in [0.15, 0.2) is 71.3 Å². The number of nitrogens with zero attached hydrogens (tertiary/aromatic N) is 2. The molecule has 0 radical (unpaired) electrons. The van der Waals surface area contributed by atoms with Crippen LogP contribution < -0.4 is 15.5 Å². The molecule has 2 N–H and O–H groups in total. The molecule has 3 aromatic rings. The zero-order valence-corrected chi connectivity index (χ0v) is 18.4. The van der Waals surface area contributed by atoms with Crippen molar-refractivity contribution in [1.29, 1.82) is 0 Å². The van der Waals surface area contributed by atoms with Crippen molar-refractivity contribution >= 4 is 23.2 Å². The second kappa shape index (κ2) is 9.70. The minimum Gasteiger partial charge on any atom is -0.468 e. The third-order valence-corrected chi connectivity index (χ3v) is 5.78. The number of carbonyl (C=O) groups is 2. The van der Waals surface area contributed by atoms with Gasteiger partial charge in [-0.1, -0.05) is 24.3 Å². The number of fused-ring (bicyclic) bond motifs is 1. The van der Waals surface area contributed by atoms with Gasteiger partial charge in [0.05, 0.1) is 12.3 Å². The molecule has 2 amide bonds. The number of amides is 2. The van der Waals surface area contributed by atoms with Crippen LogP contribution in [0, 0.1) is 0 Å². The first-order valence-corrected chi connectivity index (χ1v) is 10.7. The van der Waals surface area contributed by atoms with Gasteiger partial charge in [0.25, 0.3) is 0 Å². The first-order valence-electron chi connectivity index (χ1n) is 10.7. The molecule has 0 fully saturated rings. The SMILES string of the molecule is CN(C)c1ccc(NC(=O)C(=O)NC[C@@H](c2ccco2)N2CCc3ccccc3C2)cc1. The van der Waals surface area contributed by atoms with Crippen molar-refractivity contribution in [2.24, 2.45) is 0 Å². The van der Waals surface area contributed by atoms with E-state index in [4.69, 9.17) is 4.42 Å². The van der Waals surface area contributed by atoms with Crippen LogP contribution in [0.25, 0.3) is 0 Å². The summed E-state index contributed by atoms with van der Waals surface area (Å²) < 4.78 is 5.66. The lowest BCUT2D eigenvalue weighted by molar-refractivity contribution is -0.136. The van der Waals surface area contributed by atoms with Crippen LogP contribution in [0.2, 0.25) is 0 Å². The van der Waals surface area contributed by atoms with Gasteiger partial charge in [-0.3, -0.25) is 14.5 Å². The van der Waals surface area contributed by atoms with Gasteiger partial charge >= 0.3 is 11.8 Å². The topological polar surface area (TPSA) is 77.8 Å². The fourth-order valence-electron chi connectivity index (χ4n) is 3.97. The molecule has 0 bridgehead atoms. The molecule has 7 heteroatoms. The number of carbonyl (C=O) groups excluding carboxylic acids is 2. The van der Waals surface area contributed by atoms with Gasteiger partial charge in [-0.25, -0.2) is 0 Å². The Morgan fingerprint density at radius 3 is 2.44 bits per heavy atom. The summed E-state index contributed by atoms with van der Waals surface area (Å²) in [6.45, 7) is 1.89. The van der Waals surface area contributed by atoms with Crippen LogP contribution in [0.4, 0.5) is 11.4 Å². The average Bonchev–Trinajstić information content (AvgIpc) is 3.34. The summed E-state index contributed by atoms with van der Waals surface area (Å²) in [5.74, 6) is -0.593. The van der Waals surface area contributed by atoms with Crippen molar-refractivity contribution in [1.82, 2.24) is 10.2 Å². The first kappa shape index (κ1) is 21.6. The molecule has 1 aromatic heterocycles. The van der Waals surface area contributed by atoms with Crippen molar-refractivity contribution in [2.45, 2.75) is 19.0 Å². The quantitative estimate of drug-likeness (QED) is 0.585. The average molecular weight is 433 g/mol. The second-order valence-corrected chi connectivity index (χ2v) is 8.13. The third-order valence-electron chi connectivity index (χ3n) is 5.78. The van der Waals surface area contributed by atoms with Crippen LogP contribution in [0.5, 0.6) is 0 Å². The Bertz CT molecular complexity index is 1060. The number of benzene rings is 2. The lowest BCUT2D eigenvalue weighted by Gasteiger charge is -2.34. The van der Waals surface area contributed by atoms with E-state index in [1.807, 2.05) is 49.3 Å². The summed E-state index contributed by atoms with van der Waals surface area (Å²) in [4.78, 5) is 29.1. The zero-order valence-electron chi connectivity index (χ0n) is 18.4. The molecule has 0 saturated heterocycles. The largest absolute Gasteiger partial charge is 0.468 e. The molecule has 0 saturated carbocycles. The summed E-state index contributed by atoms with van der Waals surface area (Å²) in [6, 6.07) is 19.3. The van der Waals surface area contributed by atoms with Crippen LogP contribution in [0.3, 0.4) is 0 Å². The molecule has 4 rings (SSSR count). The van der Waals surface area contributed by atoms with E-state index in [1.54, 1.807) is 18.4 Å². The number of furan rings is 1. The van der Waals surface area contributed by atoms with E-state index in [9.17, 15) is 9.59 Å². The summed E-state index contributed by atoms with van der Waals surface area (Å²) in [7, 11) is 3.88. The van der Waals surface area contributed by atoms with Gasteiger partial charge in [0, 0.05) is 45.1 Å². The molecule has 0 aliphatic carbocycles. The molecule has 1 aliphatic heterocycles. The van der Waals surface area contributed by atoms with Gasteiger partial charge in [0.2, 0.25) is 0 Å². The van der Waals surface area contributed by atoms with Gasteiger partial charge in [-0.2, -0.15) is 0 Å². The standard InChI is InChI=1S/C25H28N4O3/c1-28(2)21-11-9-20(10-12-21)27-25(31)24(30)26-16-22(23-8-5-15-32-23)29-14-13-18-6-3-4-7-19(18)17-29/h3-12,15,22H,13-14,16-17H2,1-2H3,(H,26,30)(H,27,31)/t22-/m0/s1. The maximum absolute atomic E-state index is 12.5. The zero-order chi connectivity index (χ0) is 22.5. The fourth-order valence-corrected chi connectivity index (χ4v) is 3.97. The van der Waals surface area contributed by atoms with Crippen molar-refractivity contribution in [2.75, 3.05) is 37.4 Å². The number of hydrogen-bond donors (Lipinski definition) is 2. The highest BCUT2D eigenvalue weighted by molar-refractivity contribution is 6.39. The summed E-state index contributed by atoms with van der Waals surface area (Å²) in [5.41, 5.74) is 4.22. The maximum atomic E-state index is 12.5. The Kier molecular flexibility index (Phi) is 6.56. The lowest BCUT2D eigenvalue weighted by Crippen LogP contribution is -2.43. The number of hydrogen-bond acceptors (Lipinski definition) is 5. The Balaban J connectivity index is 1.39. The highest BCUT2D eigenvalue weighted by Gasteiger charge is 2.27. The molecular formula is C25H28N4O3. The van der Waals surface area contributed by atoms with Crippen molar-refractivity contribution in [3.8, 4) is 0 Å². The molecule has 166 valence electrons. The molecule has 1 aliphatic rings. The predicted octanol–water partition coefficient (Wildman–Crippen LogP) is 3.20. The Morgan fingerprint density at radius 2 is 1.75 bits per heavy atom. The summed E-state index contributed by atoms with van der Waals surface area (Å²) >= 11 is 0. The number of anilines is 2. The number of rotatable bonds is 6. The van der Waals surface area contributed by atoms with Gasteiger partial charge in [-0.15, -0.1) is 0 Å². The Morgan fingerprint density at radius 1 is 1.00 bits per heavy atom. The number of nitrogens with one attached hydrogen (secondary N) is 2. The highest BCUT2D eigenvalue weighted by Crippen LogP contribution is 2.28. The molecule has 2 aromatic carbocycles. The van der Waals surface area contributed by atoms with Crippen LogP contribution in [-0.4, -0.2) is 43.9 Å². The molecule has 7 nitrogen and oxygen atoms in total. The lowest BCUT2D eigenvalue weighted by atomic mass is 9.98. The molecule has 0 spiro atoms. The van der Waals surface area contributed by atoms with Crippen molar-refractivity contribution < 1.29 is 14.0 Å². The van der Waals surface area contributed by atoms with Crippen LogP contribution >= 0.6 is 0 Å². The summed E-state index contributed by atoms with van der Waals surface area (Å²) in [6.07, 6.45) is 2.57. The normalized spacial score (nSPS) is 14.3. The van der Waals surface area contributed by atoms with E-state index in [0.717, 1.165) is 31.0 Å². The third kappa shape index (κ3) is 5.00. The molecule has 1 atom stereocenters. The summed E-state index contributed by atoms with van der Waals surface area (Å²) in [5, 5.41) is 5.43. The minimum absolute atomic E-state index is 0.158. The van der Waals surface area contributed by atoms with E-state index >= 15 is 0 Å². The van der Waals surface area contributed by atoms with E-state index in [0.29, 0.717) is 5.69 Å². The molecule has 2 heterocycles. The van der Waals surface area contributed by atoms with Gasteiger partial charge in [-0.05, 0) is 53.9 Å². The fraction of sp³-hybridized carbons (Fsp3) is 0.280. The van der Waals surface area contributed by atoms with E-state index in [-0.39, 0.29) is 12.6 Å². The van der Waals surface area contributed by atoms with Crippen LogP contribution in [0.1, 0.15) is 22.9 Å². The first-order chi connectivity index (χ1) is 15.5. The molecular weight excluding hydrogens is 404 g/mol. The predicted molar refractivity (Wildman–Crippen MR) is 124 cm³/mol. The van der Waals surface area contributed by atoms with Gasteiger partial charge in [0.1, 0.15) is 5.76 Å².